The molecular formula is C19H22N4O2. The Hall–Kier alpha value is -2.73. The van der Waals surface area contributed by atoms with Gasteiger partial charge < -0.3 is 10.2 Å². The first kappa shape index (κ1) is 17.1. The average molecular weight is 338 g/mol. The molecule has 25 heavy (non-hydrogen) atoms. The minimum Gasteiger partial charge on any atom is -0.351 e. The standard InChI is InChI=1S/C19H22N4O2/c1-12-10-15-16(11-13(12)2)21-17-14(6-5-8-23(17)19(15)25)18(24)20-7-9-22(3)4/h5-6,8,10-11H,7,9H2,1-4H3,(H,20,24). The van der Waals surface area contributed by atoms with Gasteiger partial charge in [-0.05, 0) is 63.3 Å². The van der Waals surface area contributed by atoms with Crippen molar-refractivity contribution in [3.05, 3.63) is 57.5 Å². The summed E-state index contributed by atoms with van der Waals surface area (Å²) in [5, 5.41) is 3.44. The van der Waals surface area contributed by atoms with Crippen LogP contribution in [0, 0.1) is 13.8 Å². The molecule has 2 aromatic heterocycles. The first-order chi connectivity index (χ1) is 11.9. The summed E-state index contributed by atoms with van der Waals surface area (Å²) in [5.41, 5.74) is 3.34. The Morgan fingerprint density at radius 3 is 2.68 bits per heavy atom. The SMILES string of the molecule is Cc1cc2nc3c(C(=O)NCCN(C)C)cccn3c(=O)c2cc1C. The highest BCUT2D eigenvalue weighted by atomic mass is 16.2. The van der Waals surface area contributed by atoms with E-state index in [0.717, 1.165) is 17.7 Å². The van der Waals surface area contributed by atoms with Crippen molar-refractivity contribution in [2.75, 3.05) is 27.2 Å². The van der Waals surface area contributed by atoms with Crippen LogP contribution in [0.2, 0.25) is 0 Å². The van der Waals surface area contributed by atoms with Gasteiger partial charge in [0.15, 0.2) is 5.65 Å². The number of hydrogen-bond donors (Lipinski definition) is 1. The van der Waals surface area contributed by atoms with Crippen LogP contribution >= 0.6 is 0 Å². The molecule has 1 aromatic carbocycles. The van der Waals surface area contributed by atoms with Crippen molar-refractivity contribution >= 4 is 22.5 Å². The Morgan fingerprint density at radius 2 is 1.96 bits per heavy atom. The van der Waals surface area contributed by atoms with Gasteiger partial charge in [0.1, 0.15) is 0 Å². The van der Waals surface area contributed by atoms with Crippen molar-refractivity contribution in [3.8, 4) is 0 Å². The van der Waals surface area contributed by atoms with Crippen LogP contribution in [0.3, 0.4) is 0 Å². The van der Waals surface area contributed by atoms with Crippen molar-refractivity contribution < 1.29 is 4.79 Å². The van der Waals surface area contributed by atoms with Crippen molar-refractivity contribution in [1.82, 2.24) is 19.6 Å². The summed E-state index contributed by atoms with van der Waals surface area (Å²) < 4.78 is 1.44. The van der Waals surface area contributed by atoms with Crippen LogP contribution < -0.4 is 10.9 Å². The molecule has 3 rings (SSSR count). The molecule has 2 heterocycles. The van der Waals surface area contributed by atoms with E-state index in [0.29, 0.717) is 28.7 Å². The number of carbonyl (C=O) groups is 1. The van der Waals surface area contributed by atoms with E-state index in [-0.39, 0.29) is 11.5 Å². The van der Waals surface area contributed by atoms with Gasteiger partial charge in [-0.3, -0.25) is 14.0 Å². The summed E-state index contributed by atoms with van der Waals surface area (Å²) >= 11 is 0. The molecule has 0 aliphatic carbocycles. The molecule has 6 heteroatoms. The molecule has 1 amide bonds. The summed E-state index contributed by atoms with van der Waals surface area (Å²) in [6.07, 6.45) is 1.65. The number of fused-ring (bicyclic) bond motifs is 2. The van der Waals surface area contributed by atoms with Crippen LogP contribution in [-0.4, -0.2) is 47.4 Å². The molecule has 0 bridgehead atoms. The highest BCUT2D eigenvalue weighted by molar-refractivity contribution is 6.00. The summed E-state index contributed by atoms with van der Waals surface area (Å²) in [4.78, 5) is 31.9. The van der Waals surface area contributed by atoms with Crippen LogP contribution in [0.1, 0.15) is 21.5 Å². The number of likely N-dealkylation sites (N-methyl/N-ethyl adjacent to an activating group) is 1. The lowest BCUT2D eigenvalue weighted by atomic mass is 10.1. The molecule has 6 nitrogen and oxygen atoms in total. The fourth-order valence-electron chi connectivity index (χ4n) is 2.75. The predicted octanol–water partition coefficient (Wildman–Crippen LogP) is 1.76. The van der Waals surface area contributed by atoms with Gasteiger partial charge in [-0.15, -0.1) is 0 Å². The first-order valence-corrected chi connectivity index (χ1v) is 8.24. The predicted molar refractivity (Wildman–Crippen MR) is 99.3 cm³/mol. The largest absolute Gasteiger partial charge is 0.351 e. The zero-order chi connectivity index (χ0) is 18.1. The molecule has 0 saturated carbocycles. The molecule has 0 saturated heterocycles. The first-order valence-electron chi connectivity index (χ1n) is 8.24. The maximum absolute atomic E-state index is 12.8. The topological polar surface area (TPSA) is 66.7 Å². The molecule has 0 aliphatic heterocycles. The van der Waals surface area contributed by atoms with E-state index in [1.807, 2.05) is 45.0 Å². The summed E-state index contributed by atoms with van der Waals surface area (Å²) in [6.45, 7) is 5.23. The van der Waals surface area contributed by atoms with Crippen LogP contribution in [0.5, 0.6) is 0 Å². The van der Waals surface area contributed by atoms with Crippen LogP contribution in [0.15, 0.2) is 35.3 Å². The second-order valence-corrected chi connectivity index (χ2v) is 6.55. The number of nitrogens with one attached hydrogen (secondary N) is 1. The molecule has 0 fully saturated rings. The highest BCUT2D eigenvalue weighted by Crippen LogP contribution is 2.17. The molecule has 1 N–H and O–H groups in total. The number of carbonyl (C=O) groups excluding carboxylic acids is 1. The highest BCUT2D eigenvalue weighted by Gasteiger charge is 2.14. The average Bonchev–Trinajstić information content (AvgIpc) is 2.56. The number of hydrogen-bond acceptors (Lipinski definition) is 4. The normalized spacial score (nSPS) is 11.4. The third-order valence-corrected chi connectivity index (χ3v) is 4.34. The second kappa shape index (κ2) is 6.64. The molecule has 0 atom stereocenters. The number of aromatic nitrogens is 2. The molecule has 0 aliphatic rings. The van der Waals surface area contributed by atoms with Crippen molar-refractivity contribution in [2.24, 2.45) is 0 Å². The number of benzene rings is 1. The number of rotatable bonds is 4. The summed E-state index contributed by atoms with van der Waals surface area (Å²) in [7, 11) is 3.89. The Balaban J connectivity index is 2.13. The van der Waals surface area contributed by atoms with Gasteiger partial charge in [-0.2, -0.15) is 0 Å². The third kappa shape index (κ3) is 3.25. The van der Waals surface area contributed by atoms with E-state index in [1.54, 1.807) is 18.3 Å². The Labute approximate surface area is 146 Å². The van der Waals surface area contributed by atoms with E-state index in [2.05, 4.69) is 10.3 Å². The molecule has 3 aromatic rings. The van der Waals surface area contributed by atoms with Crippen molar-refractivity contribution in [2.45, 2.75) is 13.8 Å². The fraction of sp³-hybridized carbons (Fsp3) is 0.316. The maximum Gasteiger partial charge on any atom is 0.265 e. The number of pyridine rings is 1. The van der Waals surface area contributed by atoms with Gasteiger partial charge in [0.05, 0.1) is 16.5 Å². The summed E-state index contributed by atoms with van der Waals surface area (Å²) in [6, 6.07) is 7.15. The monoisotopic (exact) mass is 338 g/mol. The minimum atomic E-state index is -0.227. The van der Waals surface area contributed by atoms with E-state index >= 15 is 0 Å². The molecule has 0 radical (unpaired) electrons. The zero-order valence-electron chi connectivity index (χ0n) is 15.0. The van der Waals surface area contributed by atoms with Gasteiger partial charge in [-0.25, -0.2) is 4.98 Å². The maximum atomic E-state index is 12.8. The van der Waals surface area contributed by atoms with Gasteiger partial charge in [-0.1, -0.05) is 0 Å². The van der Waals surface area contributed by atoms with Crippen molar-refractivity contribution in [1.29, 1.82) is 0 Å². The minimum absolute atomic E-state index is 0.161. The Morgan fingerprint density at radius 1 is 1.24 bits per heavy atom. The van der Waals surface area contributed by atoms with E-state index < -0.39 is 0 Å². The lowest BCUT2D eigenvalue weighted by molar-refractivity contribution is 0.0952. The van der Waals surface area contributed by atoms with Gasteiger partial charge in [0, 0.05) is 19.3 Å². The molecule has 130 valence electrons. The van der Waals surface area contributed by atoms with Gasteiger partial charge in [0.2, 0.25) is 0 Å². The Bertz CT molecular complexity index is 1020. The molecular weight excluding hydrogens is 316 g/mol. The molecule has 0 unspecified atom stereocenters. The Kier molecular flexibility index (Phi) is 4.55. The third-order valence-electron chi connectivity index (χ3n) is 4.34. The fourth-order valence-corrected chi connectivity index (χ4v) is 2.75. The van der Waals surface area contributed by atoms with Crippen LogP contribution in [0.25, 0.3) is 16.6 Å². The van der Waals surface area contributed by atoms with Crippen LogP contribution in [-0.2, 0) is 0 Å². The van der Waals surface area contributed by atoms with Gasteiger partial charge >= 0.3 is 0 Å². The molecule has 0 spiro atoms. The quantitative estimate of drug-likeness (QED) is 0.736. The number of nitrogens with zero attached hydrogens (tertiary/aromatic N) is 3. The van der Waals surface area contributed by atoms with E-state index in [9.17, 15) is 9.59 Å². The second-order valence-electron chi connectivity index (χ2n) is 6.55. The smallest absolute Gasteiger partial charge is 0.265 e. The summed E-state index contributed by atoms with van der Waals surface area (Å²) in [5.74, 6) is -0.227. The zero-order valence-corrected chi connectivity index (χ0v) is 15.0. The van der Waals surface area contributed by atoms with Crippen molar-refractivity contribution in [3.63, 3.8) is 0 Å². The van der Waals surface area contributed by atoms with E-state index in [4.69, 9.17) is 0 Å². The lowest BCUT2D eigenvalue weighted by Gasteiger charge is -2.12. The van der Waals surface area contributed by atoms with E-state index in [1.165, 1.54) is 4.40 Å². The van der Waals surface area contributed by atoms with Crippen LogP contribution in [0.4, 0.5) is 0 Å². The number of aryl methyl sites for hydroxylation is 2. The van der Waals surface area contributed by atoms with Gasteiger partial charge in [0.25, 0.3) is 11.5 Å². The number of amides is 1. The lowest BCUT2D eigenvalue weighted by Crippen LogP contribution is -2.32.